The summed E-state index contributed by atoms with van der Waals surface area (Å²) in [6.45, 7) is 3.33. The Morgan fingerprint density at radius 3 is 2.37 bits per heavy atom. The van der Waals surface area contributed by atoms with Gasteiger partial charge in [0.15, 0.2) is 0 Å². The molecule has 0 atom stereocenters. The molecule has 0 saturated carbocycles. The smallest absolute Gasteiger partial charge is 0.207 e. The van der Waals surface area contributed by atoms with Crippen LogP contribution in [0.15, 0.2) is 59.0 Å². The predicted octanol–water partition coefficient (Wildman–Crippen LogP) is 2.98. The number of nitrogens with zero attached hydrogens (tertiary/aromatic N) is 1. The molecule has 0 bridgehead atoms. The molecular weight excluding hydrogens is 258 g/mol. The zero-order valence-electron chi connectivity index (χ0n) is 10.9. The first-order valence-electron chi connectivity index (χ1n) is 5.77. The van der Waals surface area contributed by atoms with Crippen LogP contribution in [0, 0.1) is 0 Å². The fourth-order valence-corrected chi connectivity index (χ4v) is 3.17. The van der Waals surface area contributed by atoms with Crippen molar-refractivity contribution >= 4 is 26.3 Å². The van der Waals surface area contributed by atoms with Crippen LogP contribution >= 0.6 is 0 Å². The van der Waals surface area contributed by atoms with E-state index in [1.165, 1.54) is 0 Å². The first-order chi connectivity index (χ1) is 8.97. The fraction of sp³-hybridized carbons (Fsp3) is 0.133. The largest absolute Gasteiger partial charge is 0.377 e. The van der Waals surface area contributed by atoms with Gasteiger partial charge in [-0.05, 0) is 12.1 Å². The van der Waals surface area contributed by atoms with Crippen LogP contribution in [0.4, 0.5) is 5.69 Å². The van der Waals surface area contributed by atoms with E-state index < -0.39 is 9.84 Å². The summed E-state index contributed by atoms with van der Waals surface area (Å²) in [6.07, 6.45) is 0. The minimum Gasteiger partial charge on any atom is -0.377 e. The maximum absolute atomic E-state index is 12.2. The van der Waals surface area contributed by atoms with Crippen molar-refractivity contribution in [3.05, 3.63) is 54.1 Å². The summed E-state index contributed by atoms with van der Waals surface area (Å²) in [6, 6.07) is 10.9. The van der Waals surface area contributed by atoms with Crippen molar-refractivity contribution in [1.29, 1.82) is 0 Å². The van der Waals surface area contributed by atoms with Crippen LogP contribution in [0.1, 0.15) is 0 Å². The summed E-state index contributed by atoms with van der Waals surface area (Å²) in [5.41, 5.74) is 3.32. The molecule has 19 heavy (non-hydrogen) atoms. The lowest BCUT2D eigenvalue weighted by Crippen LogP contribution is -2.09. The monoisotopic (exact) mass is 273 g/mol. The Bertz CT molecular complexity index is 770. The van der Waals surface area contributed by atoms with Crippen LogP contribution in [0.5, 0.6) is 0 Å². The fourth-order valence-electron chi connectivity index (χ4n) is 2.08. The molecule has 0 radical (unpaired) electrons. The Kier molecular flexibility index (Phi) is 3.47. The second-order valence-corrected chi connectivity index (χ2v) is 6.16. The summed E-state index contributed by atoms with van der Waals surface area (Å²) in [5, 5.41) is 2.62. The number of hydrogen-bond acceptors (Lipinski definition) is 3. The normalized spacial score (nSPS) is 11.1. The maximum atomic E-state index is 12.2. The topological polar surface area (TPSA) is 37.4 Å². The first-order valence-corrected chi connectivity index (χ1v) is 7.32. The SMILES string of the molecule is C=C=CS(=O)(=O)c1cccc2c(N(C)C)cccc12. The lowest BCUT2D eigenvalue weighted by Gasteiger charge is -2.16. The average molecular weight is 273 g/mol. The molecule has 98 valence electrons. The lowest BCUT2D eigenvalue weighted by molar-refractivity contribution is 0.605. The van der Waals surface area contributed by atoms with Crippen molar-refractivity contribution in [2.24, 2.45) is 0 Å². The number of rotatable bonds is 3. The minimum absolute atomic E-state index is 0.282. The van der Waals surface area contributed by atoms with Gasteiger partial charge in [-0.15, -0.1) is 5.73 Å². The molecule has 2 aromatic rings. The quantitative estimate of drug-likeness (QED) is 0.807. The molecule has 0 fully saturated rings. The van der Waals surface area contributed by atoms with Gasteiger partial charge in [0, 0.05) is 30.6 Å². The predicted molar refractivity (Wildman–Crippen MR) is 79.2 cm³/mol. The second-order valence-electron chi connectivity index (χ2n) is 4.39. The minimum atomic E-state index is -3.50. The molecule has 0 spiro atoms. The van der Waals surface area contributed by atoms with Gasteiger partial charge >= 0.3 is 0 Å². The lowest BCUT2D eigenvalue weighted by atomic mass is 10.1. The molecule has 0 saturated heterocycles. The van der Waals surface area contributed by atoms with Gasteiger partial charge in [-0.25, -0.2) is 8.42 Å². The van der Waals surface area contributed by atoms with E-state index >= 15 is 0 Å². The molecule has 0 unspecified atom stereocenters. The van der Waals surface area contributed by atoms with E-state index in [-0.39, 0.29) is 4.90 Å². The third-order valence-corrected chi connectivity index (χ3v) is 4.33. The van der Waals surface area contributed by atoms with Gasteiger partial charge in [-0.2, -0.15) is 0 Å². The number of anilines is 1. The highest BCUT2D eigenvalue weighted by Crippen LogP contribution is 2.30. The Morgan fingerprint density at radius 1 is 1.11 bits per heavy atom. The molecule has 0 aliphatic rings. The summed E-state index contributed by atoms with van der Waals surface area (Å²) in [4.78, 5) is 2.24. The van der Waals surface area contributed by atoms with E-state index in [0.717, 1.165) is 16.5 Å². The molecule has 0 aliphatic carbocycles. The third kappa shape index (κ3) is 2.41. The number of hydrogen-bond donors (Lipinski definition) is 0. The van der Waals surface area contributed by atoms with Gasteiger partial charge in [0.05, 0.1) is 10.3 Å². The molecule has 4 heteroatoms. The molecule has 0 N–H and O–H groups in total. The van der Waals surface area contributed by atoms with Gasteiger partial charge in [0.1, 0.15) is 0 Å². The Labute approximate surface area is 113 Å². The molecule has 0 amide bonds. The first kappa shape index (κ1) is 13.4. The van der Waals surface area contributed by atoms with Crippen LogP contribution in [0.25, 0.3) is 10.8 Å². The highest BCUT2D eigenvalue weighted by Gasteiger charge is 2.15. The van der Waals surface area contributed by atoms with Crippen molar-refractivity contribution in [1.82, 2.24) is 0 Å². The number of benzene rings is 2. The van der Waals surface area contributed by atoms with Crippen molar-refractivity contribution in [2.75, 3.05) is 19.0 Å². The summed E-state index contributed by atoms with van der Waals surface area (Å²) >= 11 is 0. The third-order valence-electron chi connectivity index (χ3n) is 2.89. The number of fused-ring (bicyclic) bond motifs is 1. The van der Waals surface area contributed by atoms with Crippen molar-refractivity contribution in [3.8, 4) is 0 Å². The molecule has 0 heterocycles. The molecule has 3 nitrogen and oxygen atoms in total. The highest BCUT2D eigenvalue weighted by molar-refractivity contribution is 7.94. The molecular formula is C15H15NO2S. The van der Waals surface area contributed by atoms with E-state index in [1.54, 1.807) is 12.1 Å². The van der Waals surface area contributed by atoms with Gasteiger partial charge in [0.2, 0.25) is 9.84 Å². The zero-order chi connectivity index (χ0) is 14.0. The van der Waals surface area contributed by atoms with Crippen LogP contribution in [0.2, 0.25) is 0 Å². The van der Waals surface area contributed by atoms with Gasteiger partial charge in [-0.1, -0.05) is 30.8 Å². The van der Waals surface area contributed by atoms with Crippen molar-refractivity contribution in [3.63, 3.8) is 0 Å². The van der Waals surface area contributed by atoms with Crippen LogP contribution in [-0.4, -0.2) is 22.5 Å². The van der Waals surface area contributed by atoms with Crippen molar-refractivity contribution < 1.29 is 8.42 Å². The zero-order valence-corrected chi connectivity index (χ0v) is 11.7. The number of sulfone groups is 1. The molecule has 2 rings (SSSR count). The van der Waals surface area contributed by atoms with E-state index in [1.807, 2.05) is 43.3 Å². The molecule has 0 aromatic heterocycles. The van der Waals surface area contributed by atoms with Crippen molar-refractivity contribution in [2.45, 2.75) is 4.90 Å². The molecule has 2 aromatic carbocycles. The Morgan fingerprint density at radius 2 is 1.74 bits per heavy atom. The maximum Gasteiger partial charge on any atom is 0.207 e. The highest BCUT2D eigenvalue weighted by atomic mass is 32.2. The Balaban J connectivity index is 2.87. The summed E-state index contributed by atoms with van der Waals surface area (Å²) < 4.78 is 24.3. The second kappa shape index (κ2) is 4.92. The van der Waals surface area contributed by atoms with E-state index in [0.29, 0.717) is 5.39 Å². The standard InChI is InChI=1S/C15H15NO2S/c1-4-11-19(17,18)15-10-6-7-12-13(15)8-5-9-14(12)16(2)3/h5-11H,1H2,2-3H3. The summed E-state index contributed by atoms with van der Waals surface area (Å²) in [7, 11) is 0.364. The van der Waals surface area contributed by atoms with Gasteiger partial charge < -0.3 is 4.90 Å². The van der Waals surface area contributed by atoms with E-state index in [9.17, 15) is 8.42 Å². The van der Waals surface area contributed by atoms with Crippen LogP contribution < -0.4 is 4.90 Å². The van der Waals surface area contributed by atoms with E-state index in [2.05, 4.69) is 12.3 Å². The van der Waals surface area contributed by atoms with Gasteiger partial charge in [-0.3, -0.25) is 0 Å². The van der Waals surface area contributed by atoms with Crippen LogP contribution in [-0.2, 0) is 9.84 Å². The molecule has 0 aliphatic heterocycles. The average Bonchev–Trinajstić information content (AvgIpc) is 2.37. The summed E-state index contributed by atoms with van der Waals surface area (Å²) in [5.74, 6) is 0. The van der Waals surface area contributed by atoms with Crippen LogP contribution in [0.3, 0.4) is 0 Å². The van der Waals surface area contributed by atoms with Gasteiger partial charge in [0.25, 0.3) is 0 Å². The Hall–Kier alpha value is -2.03. The van der Waals surface area contributed by atoms with E-state index in [4.69, 9.17) is 0 Å².